The van der Waals surface area contributed by atoms with Crippen LogP contribution in [0.1, 0.15) is 38.2 Å². The van der Waals surface area contributed by atoms with Crippen LogP contribution < -0.4 is 10.2 Å². The lowest BCUT2D eigenvalue weighted by atomic mass is 10.0. The van der Waals surface area contributed by atoms with E-state index in [1.54, 1.807) is 4.90 Å². The first-order valence-corrected chi connectivity index (χ1v) is 8.93. The molecule has 2 aliphatic rings. The van der Waals surface area contributed by atoms with Gasteiger partial charge < -0.3 is 15.3 Å². The summed E-state index contributed by atoms with van der Waals surface area (Å²) >= 11 is 0. The number of aliphatic hydroxyl groups excluding tert-OH is 1. The Kier molecular flexibility index (Phi) is 5.19. The van der Waals surface area contributed by atoms with E-state index in [2.05, 4.69) is 12.2 Å². The van der Waals surface area contributed by atoms with Crippen molar-refractivity contribution in [1.29, 1.82) is 0 Å². The van der Waals surface area contributed by atoms with E-state index in [4.69, 9.17) is 5.11 Å². The summed E-state index contributed by atoms with van der Waals surface area (Å²) in [5.74, 6) is 0.144. The zero-order chi connectivity index (χ0) is 17.1. The van der Waals surface area contributed by atoms with Gasteiger partial charge in [0.05, 0.1) is 5.92 Å². The number of nitrogens with one attached hydrogen (secondary N) is 1. The third-order valence-corrected chi connectivity index (χ3v) is 5.11. The molecule has 0 radical (unpaired) electrons. The Morgan fingerprint density at radius 2 is 2.04 bits per heavy atom. The lowest BCUT2D eigenvalue weighted by Crippen LogP contribution is -2.41. The number of carbonyl (C=O) groups is 2. The van der Waals surface area contributed by atoms with E-state index in [9.17, 15) is 9.59 Å². The molecule has 3 rings (SSSR count). The molecule has 0 spiro atoms. The first kappa shape index (κ1) is 17.0. The number of nitrogens with zero attached hydrogens (tertiary/aromatic N) is 1. The topological polar surface area (TPSA) is 69.6 Å². The molecular weight excluding hydrogens is 304 g/mol. The number of rotatable bonds is 7. The second-order valence-corrected chi connectivity index (χ2v) is 6.89. The number of anilines is 1. The minimum atomic E-state index is -0.303. The molecule has 5 heteroatoms. The van der Waals surface area contributed by atoms with Crippen molar-refractivity contribution in [1.82, 2.24) is 5.32 Å². The fourth-order valence-corrected chi connectivity index (χ4v) is 3.41. The average Bonchev–Trinajstić information content (AvgIpc) is 3.36. The third-order valence-electron chi connectivity index (χ3n) is 5.11. The van der Waals surface area contributed by atoms with E-state index < -0.39 is 0 Å². The second-order valence-electron chi connectivity index (χ2n) is 6.89. The highest BCUT2D eigenvalue weighted by Gasteiger charge is 2.38. The maximum Gasteiger partial charge on any atom is 0.227 e. The van der Waals surface area contributed by atoms with Crippen LogP contribution >= 0.6 is 0 Å². The van der Waals surface area contributed by atoms with Crippen LogP contribution in [-0.4, -0.2) is 36.1 Å². The molecule has 1 aliphatic heterocycles. The molecule has 1 heterocycles. The van der Waals surface area contributed by atoms with Crippen LogP contribution in [0.5, 0.6) is 0 Å². The van der Waals surface area contributed by atoms with Crippen molar-refractivity contribution in [2.75, 3.05) is 18.1 Å². The van der Waals surface area contributed by atoms with Gasteiger partial charge in [-0.25, -0.2) is 0 Å². The molecule has 130 valence electrons. The predicted molar refractivity (Wildman–Crippen MR) is 92.6 cm³/mol. The van der Waals surface area contributed by atoms with Gasteiger partial charge in [0.1, 0.15) is 0 Å². The van der Waals surface area contributed by atoms with Crippen LogP contribution in [0.2, 0.25) is 0 Å². The van der Waals surface area contributed by atoms with Gasteiger partial charge in [-0.3, -0.25) is 9.59 Å². The van der Waals surface area contributed by atoms with Crippen LogP contribution in [0.3, 0.4) is 0 Å². The van der Waals surface area contributed by atoms with Crippen molar-refractivity contribution >= 4 is 17.5 Å². The summed E-state index contributed by atoms with van der Waals surface area (Å²) in [6, 6.07) is 8.02. The zero-order valence-corrected chi connectivity index (χ0v) is 14.2. The largest absolute Gasteiger partial charge is 0.396 e. The molecule has 1 aliphatic carbocycles. The van der Waals surface area contributed by atoms with Crippen molar-refractivity contribution in [3.05, 3.63) is 29.8 Å². The van der Waals surface area contributed by atoms with Crippen molar-refractivity contribution in [3.8, 4) is 0 Å². The molecule has 2 amide bonds. The van der Waals surface area contributed by atoms with E-state index >= 15 is 0 Å². The maximum absolute atomic E-state index is 12.5. The Morgan fingerprint density at radius 1 is 1.33 bits per heavy atom. The third kappa shape index (κ3) is 3.78. The van der Waals surface area contributed by atoms with Crippen molar-refractivity contribution in [2.24, 2.45) is 11.8 Å². The highest BCUT2D eigenvalue weighted by Crippen LogP contribution is 2.34. The van der Waals surface area contributed by atoms with E-state index in [0.717, 1.165) is 24.9 Å². The molecule has 0 aromatic heterocycles. The summed E-state index contributed by atoms with van der Waals surface area (Å²) in [5.41, 5.74) is 2.09. The summed E-state index contributed by atoms with van der Waals surface area (Å²) in [6.07, 6.45) is 4.05. The molecular formula is C19H26N2O3. The number of aryl methyl sites for hydroxylation is 1. The molecule has 1 saturated carbocycles. The summed E-state index contributed by atoms with van der Waals surface area (Å²) in [5, 5.41) is 12.2. The molecule has 5 nitrogen and oxygen atoms in total. The molecule has 0 bridgehead atoms. The lowest BCUT2D eigenvalue weighted by Gasteiger charge is -2.20. The number of aliphatic hydroxyl groups is 1. The van der Waals surface area contributed by atoms with E-state index in [-0.39, 0.29) is 36.8 Å². The van der Waals surface area contributed by atoms with E-state index in [1.807, 2.05) is 24.3 Å². The molecule has 1 aromatic rings. The van der Waals surface area contributed by atoms with Gasteiger partial charge in [0.25, 0.3) is 0 Å². The zero-order valence-electron chi connectivity index (χ0n) is 14.2. The summed E-state index contributed by atoms with van der Waals surface area (Å²) < 4.78 is 0. The minimum absolute atomic E-state index is 0.00419. The number of hydrogen-bond donors (Lipinski definition) is 2. The van der Waals surface area contributed by atoms with Crippen LogP contribution in [-0.2, 0) is 16.0 Å². The molecule has 2 unspecified atom stereocenters. The van der Waals surface area contributed by atoms with Gasteiger partial charge in [-0.1, -0.05) is 19.1 Å². The normalized spacial score (nSPS) is 21.8. The molecule has 1 aromatic carbocycles. The van der Waals surface area contributed by atoms with Crippen LogP contribution in [0.15, 0.2) is 24.3 Å². The number of amides is 2. The average molecular weight is 330 g/mol. The second kappa shape index (κ2) is 7.34. The Bertz CT molecular complexity index is 595. The van der Waals surface area contributed by atoms with Crippen molar-refractivity contribution in [3.63, 3.8) is 0 Å². The predicted octanol–water partition coefficient (Wildman–Crippen LogP) is 1.88. The van der Waals surface area contributed by atoms with E-state index in [1.165, 1.54) is 5.56 Å². The molecule has 2 N–H and O–H groups in total. The fourth-order valence-electron chi connectivity index (χ4n) is 3.41. The van der Waals surface area contributed by atoms with Crippen LogP contribution in [0, 0.1) is 11.8 Å². The summed E-state index contributed by atoms with van der Waals surface area (Å²) in [4.78, 5) is 26.5. The van der Waals surface area contributed by atoms with Gasteiger partial charge in [-0.2, -0.15) is 0 Å². The molecule has 24 heavy (non-hydrogen) atoms. The smallest absolute Gasteiger partial charge is 0.227 e. The first-order chi connectivity index (χ1) is 11.6. The fraction of sp³-hybridized carbons (Fsp3) is 0.579. The summed E-state index contributed by atoms with van der Waals surface area (Å²) in [6.45, 7) is 2.62. The van der Waals surface area contributed by atoms with Crippen molar-refractivity contribution in [2.45, 2.75) is 45.1 Å². The van der Waals surface area contributed by atoms with Gasteiger partial charge >= 0.3 is 0 Å². The Labute approximate surface area is 143 Å². The molecule has 2 atom stereocenters. The monoisotopic (exact) mass is 330 g/mol. The maximum atomic E-state index is 12.5. The number of hydrogen-bond acceptors (Lipinski definition) is 3. The van der Waals surface area contributed by atoms with Crippen LogP contribution in [0.4, 0.5) is 5.69 Å². The van der Waals surface area contributed by atoms with Gasteiger partial charge in [-0.15, -0.1) is 0 Å². The van der Waals surface area contributed by atoms with Gasteiger partial charge in [0.2, 0.25) is 11.8 Å². The quantitative estimate of drug-likeness (QED) is 0.802. The number of carbonyl (C=O) groups excluding carboxylic acids is 2. The van der Waals surface area contributed by atoms with E-state index in [0.29, 0.717) is 18.9 Å². The first-order valence-electron chi connectivity index (χ1n) is 8.93. The van der Waals surface area contributed by atoms with Crippen LogP contribution in [0.25, 0.3) is 0 Å². The molecule has 2 fully saturated rings. The van der Waals surface area contributed by atoms with Gasteiger partial charge in [0.15, 0.2) is 0 Å². The summed E-state index contributed by atoms with van der Waals surface area (Å²) in [7, 11) is 0. The standard InChI is InChI=1S/C19H26N2O3/c1-2-13-3-7-16(8-4-13)21-12-15(11-18(21)23)19(24)20-17(9-10-22)14-5-6-14/h3-4,7-8,14-15,17,22H,2,5-6,9-12H2,1H3,(H,20,24). The highest BCUT2D eigenvalue weighted by molar-refractivity contribution is 6.00. The highest BCUT2D eigenvalue weighted by atomic mass is 16.3. The Morgan fingerprint density at radius 3 is 2.62 bits per heavy atom. The number of benzene rings is 1. The van der Waals surface area contributed by atoms with Crippen molar-refractivity contribution < 1.29 is 14.7 Å². The SMILES string of the molecule is CCc1ccc(N2CC(C(=O)NC(CCO)C3CC3)CC2=O)cc1. The minimum Gasteiger partial charge on any atom is -0.396 e. The van der Waals surface area contributed by atoms with Gasteiger partial charge in [0, 0.05) is 31.3 Å². The Hall–Kier alpha value is -1.88. The molecule has 1 saturated heterocycles. The lowest BCUT2D eigenvalue weighted by molar-refractivity contribution is -0.127. The Balaban J connectivity index is 1.61. The van der Waals surface area contributed by atoms with Gasteiger partial charge in [-0.05, 0) is 49.3 Å².